The van der Waals surface area contributed by atoms with Crippen LogP contribution in [-0.4, -0.2) is 39.5 Å². The Balaban J connectivity index is 1.61. The Labute approximate surface area is 213 Å². The van der Waals surface area contributed by atoms with E-state index in [2.05, 4.69) is 10.2 Å². The van der Waals surface area contributed by atoms with Crippen molar-refractivity contribution in [1.82, 2.24) is 19.3 Å². The average molecular weight is 538 g/mol. The molecule has 0 unspecified atom stereocenters. The number of ether oxygens (including phenoxy) is 1. The highest BCUT2D eigenvalue weighted by atomic mass is 35.5. The largest absolute Gasteiger partial charge is 0.494 e. The number of hydrogen-bond acceptors (Lipinski definition) is 5. The number of rotatable bonds is 5. The Hall–Kier alpha value is -3.24. The van der Waals surface area contributed by atoms with E-state index in [1.165, 1.54) is 36.1 Å². The van der Waals surface area contributed by atoms with Gasteiger partial charge in [0.05, 0.1) is 47.7 Å². The van der Waals surface area contributed by atoms with Gasteiger partial charge in [-0.25, -0.2) is 4.79 Å². The minimum atomic E-state index is -4.55. The molecule has 12 heteroatoms. The molecule has 7 nitrogen and oxygen atoms in total. The highest BCUT2D eigenvalue weighted by molar-refractivity contribution is 6.38. The van der Waals surface area contributed by atoms with E-state index in [1.807, 2.05) is 4.90 Å². The highest BCUT2D eigenvalue weighted by Crippen LogP contribution is 2.38. The molecular formula is C24H20Cl2F3N5O2. The fourth-order valence-corrected chi connectivity index (χ4v) is 5.42. The Bertz CT molecular complexity index is 1480. The number of alkyl halides is 3. The van der Waals surface area contributed by atoms with Crippen molar-refractivity contribution >= 4 is 39.9 Å². The van der Waals surface area contributed by atoms with Crippen LogP contribution < -0.4 is 15.3 Å². The van der Waals surface area contributed by atoms with E-state index in [1.54, 1.807) is 22.8 Å². The van der Waals surface area contributed by atoms with Gasteiger partial charge in [-0.15, -0.1) is 5.10 Å². The van der Waals surface area contributed by atoms with E-state index in [0.717, 1.165) is 6.07 Å². The van der Waals surface area contributed by atoms with E-state index in [9.17, 15) is 18.0 Å². The molecule has 3 heterocycles. The second-order valence-electron chi connectivity index (χ2n) is 8.44. The molecular weight excluding hydrogens is 518 g/mol. The van der Waals surface area contributed by atoms with E-state index in [4.69, 9.17) is 27.9 Å². The van der Waals surface area contributed by atoms with Crippen molar-refractivity contribution < 1.29 is 17.9 Å². The van der Waals surface area contributed by atoms with E-state index >= 15 is 0 Å². The minimum Gasteiger partial charge on any atom is -0.494 e. The molecule has 1 aliphatic heterocycles. The first-order chi connectivity index (χ1) is 17.2. The quantitative estimate of drug-likeness (QED) is 0.339. The normalized spacial score (nSPS) is 16.2. The molecule has 36 heavy (non-hydrogen) atoms. The van der Waals surface area contributed by atoms with Crippen molar-refractivity contribution in [1.29, 1.82) is 0 Å². The summed E-state index contributed by atoms with van der Waals surface area (Å²) in [7, 11) is 1.46. The number of aromatic nitrogens is 4. The molecule has 2 aromatic carbocycles. The lowest BCUT2D eigenvalue weighted by molar-refractivity contribution is -0.138. The fraction of sp³-hybridized carbons (Fsp3) is 0.292. The standard InChI is InChI=1S/C24H20Cl2F3N5O2/c1-36-19-8-4-7-18-21(19)33(12-14-5-2-3-6-16(14)24(27,28)29)23(35)34(18)15-9-10-32(13-15)20-17(25)11-30-31-22(20)26/h2-8,11,15H,9-10,12-13H2,1H3/t15-/m1/s1. The maximum Gasteiger partial charge on any atom is 0.416 e. The smallest absolute Gasteiger partial charge is 0.416 e. The van der Waals surface area contributed by atoms with Gasteiger partial charge in [0.2, 0.25) is 0 Å². The number of halogens is 5. The lowest BCUT2D eigenvalue weighted by Crippen LogP contribution is -2.30. The molecule has 0 saturated carbocycles. The number of para-hydroxylation sites is 1. The van der Waals surface area contributed by atoms with E-state index in [-0.39, 0.29) is 23.3 Å². The molecule has 1 saturated heterocycles. The van der Waals surface area contributed by atoms with Gasteiger partial charge in [-0.2, -0.15) is 18.3 Å². The first kappa shape index (κ1) is 24.5. The molecule has 188 valence electrons. The van der Waals surface area contributed by atoms with Gasteiger partial charge in [0.15, 0.2) is 5.15 Å². The molecule has 0 radical (unpaired) electrons. The zero-order valence-electron chi connectivity index (χ0n) is 19.0. The second kappa shape index (κ2) is 9.33. The van der Waals surface area contributed by atoms with Gasteiger partial charge >= 0.3 is 11.9 Å². The number of anilines is 1. The van der Waals surface area contributed by atoms with Crippen LogP contribution in [-0.2, 0) is 12.7 Å². The molecule has 0 bridgehead atoms. The molecule has 4 aromatic rings. The Kier molecular flexibility index (Phi) is 6.34. The van der Waals surface area contributed by atoms with Gasteiger partial charge in [-0.05, 0) is 30.2 Å². The summed E-state index contributed by atoms with van der Waals surface area (Å²) < 4.78 is 49.5. The minimum absolute atomic E-state index is 0.00784. The SMILES string of the molecule is COc1cccc2c1n(Cc1ccccc1C(F)(F)F)c(=O)n2[C@@H]1CCN(c2c(Cl)cnnc2Cl)C1. The average Bonchev–Trinajstić information content (AvgIpc) is 3.41. The number of benzene rings is 2. The Morgan fingerprint density at radius 2 is 1.92 bits per heavy atom. The third-order valence-corrected chi connectivity index (χ3v) is 6.93. The summed E-state index contributed by atoms with van der Waals surface area (Å²) in [4.78, 5) is 15.7. The van der Waals surface area contributed by atoms with Gasteiger partial charge < -0.3 is 9.64 Å². The summed E-state index contributed by atoms with van der Waals surface area (Å²) in [6, 6.07) is 10.2. The van der Waals surface area contributed by atoms with E-state index in [0.29, 0.717) is 47.0 Å². The van der Waals surface area contributed by atoms with Gasteiger partial charge in [0.25, 0.3) is 0 Å². The van der Waals surface area contributed by atoms with Crippen LogP contribution in [0.1, 0.15) is 23.6 Å². The Morgan fingerprint density at radius 1 is 1.14 bits per heavy atom. The van der Waals surface area contributed by atoms with E-state index < -0.39 is 17.4 Å². The van der Waals surface area contributed by atoms with Crippen LogP contribution in [0.3, 0.4) is 0 Å². The first-order valence-corrected chi connectivity index (χ1v) is 11.8. The van der Waals surface area contributed by atoms with Crippen LogP contribution >= 0.6 is 23.2 Å². The molecule has 0 N–H and O–H groups in total. The van der Waals surface area contributed by atoms with Gasteiger partial charge in [-0.1, -0.05) is 47.5 Å². The Morgan fingerprint density at radius 3 is 2.64 bits per heavy atom. The summed E-state index contributed by atoms with van der Waals surface area (Å²) in [5.74, 6) is 0.395. The molecule has 2 aromatic heterocycles. The van der Waals surface area contributed by atoms with Crippen molar-refractivity contribution in [2.24, 2.45) is 0 Å². The van der Waals surface area contributed by atoms with Crippen LogP contribution in [0, 0.1) is 0 Å². The first-order valence-electron chi connectivity index (χ1n) is 11.0. The highest BCUT2D eigenvalue weighted by Gasteiger charge is 2.34. The van der Waals surface area contributed by atoms with Crippen molar-refractivity contribution in [3.63, 3.8) is 0 Å². The zero-order chi connectivity index (χ0) is 25.6. The van der Waals surface area contributed by atoms with Crippen LogP contribution in [0.5, 0.6) is 5.75 Å². The zero-order valence-corrected chi connectivity index (χ0v) is 20.5. The van der Waals surface area contributed by atoms with Crippen molar-refractivity contribution in [3.8, 4) is 5.75 Å². The molecule has 0 aliphatic carbocycles. The molecule has 0 amide bonds. The lowest BCUT2D eigenvalue weighted by atomic mass is 10.1. The van der Waals surface area contributed by atoms with Crippen molar-refractivity contribution in [3.05, 3.63) is 80.4 Å². The number of fused-ring (bicyclic) bond motifs is 1. The number of hydrogen-bond donors (Lipinski definition) is 0. The molecule has 5 rings (SSSR count). The number of imidazole rings is 1. The topological polar surface area (TPSA) is 65.2 Å². The number of nitrogens with zero attached hydrogens (tertiary/aromatic N) is 5. The van der Waals surface area contributed by atoms with Crippen molar-refractivity contribution in [2.45, 2.75) is 25.2 Å². The summed E-state index contributed by atoms with van der Waals surface area (Å²) in [6.45, 7) is 0.692. The molecule has 0 spiro atoms. The summed E-state index contributed by atoms with van der Waals surface area (Å²) in [5.41, 5.74) is 0.316. The summed E-state index contributed by atoms with van der Waals surface area (Å²) in [6.07, 6.45) is -2.56. The van der Waals surface area contributed by atoms with Gasteiger partial charge in [-0.3, -0.25) is 9.13 Å². The van der Waals surface area contributed by atoms with Crippen molar-refractivity contribution in [2.75, 3.05) is 25.1 Å². The van der Waals surface area contributed by atoms with Crippen LogP contribution in [0.25, 0.3) is 11.0 Å². The van der Waals surface area contributed by atoms with Gasteiger partial charge in [0, 0.05) is 13.1 Å². The second-order valence-corrected chi connectivity index (χ2v) is 9.21. The summed E-state index contributed by atoms with van der Waals surface area (Å²) in [5, 5.41) is 8.10. The number of methoxy groups -OCH3 is 1. The third kappa shape index (κ3) is 4.18. The maximum atomic E-state index is 13.8. The maximum absolute atomic E-state index is 13.8. The summed E-state index contributed by atoms with van der Waals surface area (Å²) >= 11 is 12.5. The molecule has 1 fully saturated rings. The fourth-order valence-electron chi connectivity index (χ4n) is 4.85. The van der Waals surface area contributed by atoms with Gasteiger partial charge in [0.1, 0.15) is 11.3 Å². The molecule has 1 atom stereocenters. The van der Waals surface area contributed by atoms with Crippen LogP contribution in [0.2, 0.25) is 10.2 Å². The monoisotopic (exact) mass is 537 g/mol. The predicted molar refractivity (Wildman–Crippen MR) is 131 cm³/mol. The predicted octanol–water partition coefficient (Wildman–Crippen LogP) is 5.43. The lowest BCUT2D eigenvalue weighted by Gasteiger charge is -2.20. The van der Waals surface area contributed by atoms with Crippen LogP contribution in [0.4, 0.5) is 18.9 Å². The molecule has 1 aliphatic rings. The third-order valence-electron chi connectivity index (χ3n) is 6.40. The van der Waals surface area contributed by atoms with Crippen LogP contribution in [0.15, 0.2) is 53.5 Å².